The summed E-state index contributed by atoms with van der Waals surface area (Å²) < 4.78 is 40.1. The van der Waals surface area contributed by atoms with Crippen molar-refractivity contribution in [2.24, 2.45) is 0 Å². The summed E-state index contributed by atoms with van der Waals surface area (Å²) in [6.07, 6.45) is 2.49. The first-order valence-electron chi connectivity index (χ1n) is 9.38. The Morgan fingerprint density at radius 2 is 1.96 bits per heavy atom. The van der Waals surface area contributed by atoms with Crippen molar-refractivity contribution in [1.82, 2.24) is 4.90 Å². The maximum atomic E-state index is 14.7. The molecule has 148 valence electrons. The lowest BCUT2D eigenvalue weighted by molar-refractivity contribution is -0.127. The van der Waals surface area contributed by atoms with Gasteiger partial charge in [-0.05, 0) is 58.4 Å². The Hall–Kier alpha value is -2.17. The van der Waals surface area contributed by atoms with E-state index in [1.54, 1.807) is 4.90 Å². The minimum absolute atomic E-state index is 0.0660. The van der Waals surface area contributed by atoms with E-state index in [0.717, 1.165) is 12.5 Å². The Balaban J connectivity index is 1.75. The Morgan fingerprint density at radius 3 is 2.57 bits per heavy atom. The van der Waals surface area contributed by atoms with E-state index >= 15 is 0 Å². The predicted molar refractivity (Wildman–Crippen MR) is 104 cm³/mol. The van der Waals surface area contributed by atoms with Crippen LogP contribution in [0.1, 0.15) is 51.7 Å². The lowest BCUT2D eigenvalue weighted by atomic mass is 9.86. The quantitative estimate of drug-likeness (QED) is 0.586. The van der Waals surface area contributed by atoms with Gasteiger partial charge in [0, 0.05) is 24.1 Å². The number of amides is 1. The smallest absolute Gasteiger partial charge is 0.398 e. The molecule has 0 spiro atoms. The van der Waals surface area contributed by atoms with Gasteiger partial charge in [0.1, 0.15) is 11.5 Å². The fourth-order valence-corrected chi connectivity index (χ4v) is 3.01. The molecule has 0 aliphatic carbocycles. The number of hydrogen-bond donors (Lipinski definition) is 0. The number of benzene rings is 1. The highest BCUT2D eigenvalue weighted by Crippen LogP contribution is 2.39. The van der Waals surface area contributed by atoms with Gasteiger partial charge < -0.3 is 14.2 Å². The van der Waals surface area contributed by atoms with Gasteiger partial charge in [0.05, 0.1) is 17.7 Å². The van der Waals surface area contributed by atoms with Gasteiger partial charge in [0.2, 0.25) is 5.91 Å². The highest BCUT2D eigenvalue weighted by Gasteiger charge is 2.53. The predicted octanol–water partition coefficient (Wildman–Crippen LogP) is 3.74. The summed E-state index contributed by atoms with van der Waals surface area (Å²) in [5, 5.41) is 0. The second-order valence-electron chi connectivity index (χ2n) is 8.07. The summed E-state index contributed by atoms with van der Waals surface area (Å²) in [5.41, 5.74) is -1.45. The third kappa shape index (κ3) is 4.29. The van der Waals surface area contributed by atoms with Crippen LogP contribution >= 0.6 is 0 Å². The molecule has 0 aromatic heterocycles. The van der Waals surface area contributed by atoms with Gasteiger partial charge in [-0.25, -0.2) is 8.78 Å². The van der Waals surface area contributed by atoms with Gasteiger partial charge in [0.15, 0.2) is 0 Å². The molecular weight excluding hydrogens is 363 g/mol. The van der Waals surface area contributed by atoms with Crippen LogP contribution in [-0.4, -0.2) is 42.2 Å². The van der Waals surface area contributed by atoms with Gasteiger partial charge >= 0.3 is 7.12 Å². The van der Waals surface area contributed by atoms with Crippen molar-refractivity contribution in [3.05, 3.63) is 40.9 Å². The molecule has 2 aliphatic heterocycles. The van der Waals surface area contributed by atoms with Gasteiger partial charge in [-0.1, -0.05) is 11.8 Å². The van der Waals surface area contributed by atoms with E-state index in [9.17, 15) is 13.6 Å². The van der Waals surface area contributed by atoms with Crippen molar-refractivity contribution < 1.29 is 22.9 Å². The summed E-state index contributed by atoms with van der Waals surface area (Å²) in [4.78, 5) is 13.3. The van der Waals surface area contributed by atoms with Crippen LogP contribution in [0.15, 0.2) is 23.9 Å². The topological polar surface area (TPSA) is 38.8 Å². The Bertz CT molecular complexity index is 854. The molecule has 0 bridgehead atoms. The number of likely N-dealkylation sites (tertiary alicyclic amines) is 1. The first kappa shape index (κ1) is 20.6. The Labute approximate surface area is 165 Å². The summed E-state index contributed by atoms with van der Waals surface area (Å²) >= 11 is 0. The van der Waals surface area contributed by atoms with Crippen molar-refractivity contribution in [2.45, 2.75) is 51.7 Å². The molecule has 2 fully saturated rings. The third-order valence-electron chi connectivity index (χ3n) is 5.44. The molecular formula is C21H24BF2NO3. The molecule has 28 heavy (non-hydrogen) atoms. The minimum atomic E-state index is -1.18. The molecule has 1 amide bonds. The van der Waals surface area contributed by atoms with E-state index in [4.69, 9.17) is 9.31 Å². The highest BCUT2D eigenvalue weighted by molar-refractivity contribution is 6.54. The molecule has 4 nitrogen and oxygen atoms in total. The monoisotopic (exact) mass is 387 g/mol. The number of carbonyl (C=O) groups excluding carboxylic acids is 1. The second-order valence-corrected chi connectivity index (χ2v) is 8.07. The Kier molecular flexibility index (Phi) is 5.65. The number of nitrogens with zero attached hydrogens (tertiary/aromatic N) is 1. The first-order valence-corrected chi connectivity index (χ1v) is 9.38. The van der Waals surface area contributed by atoms with Crippen LogP contribution in [0.25, 0.3) is 6.08 Å². The van der Waals surface area contributed by atoms with Gasteiger partial charge in [-0.3, -0.25) is 4.79 Å². The molecule has 7 heteroatoms. The summed E-state index contributed by atoms with van der Waals surface area (Å²) in [5.74, 6) is 5.36. The van der Waals surface area contributed by atoms with Crippen LogP contribution in [0.2, 0.25) is 0 Å². The zero-order valence-electron chi connectivity index (χ0n) is 16.6. The van der Waals surface area contributed by atoms with Gasteiger partial charge in [-0.2, -0.15) is 0 Å². The molecule has 2 heterocycles. The zero-order chi connectivity index (χ0) is 20.5. The minimum Gasteiger partial charge on any atom is -0.398 e. The SMILES string of the molecule is CC1(C)OB(C(F)=Cc2cc(C#CCN3CCCC3=O)ccc2F)OC1(C)C. The Morgan fingerprint density at radius 1 is 1.29 bits per heavy atom. The molecule has 0 saturated carbocycles. The van der Waals surface area contributed by atoms with Crippen molar-refractivity contribution in [2.75, 3.05) is 13.1 Å². The van der Waals surface area contributed by atoms with Crippen molar-refractivity contribution in [3.8, 4) is 11.8 Å². The zero-order valence-corrected chi connectivity index (χ0v) is 16.6. The molecule has 1 aromatic rings. The molecule has 1 aromatic carbocycles. The second kappa shape index (κ2) is 7.69. The fourth-order valence-electron chi connectivity index (χ4n) is 3.01. The molecule has 3 rings (SSSR count). The largest absolute Gasteiger partial charge is 0.525 e. The lowest BCUT2D eigenvalue weighted by Crippen LogP contribution is -2.41. The molecule has 2 aliphatic rings. The van der Waals surface area contributed by atoms with Crippen molar-refractivity contribution >= 4 is 19.1 Å². The van der Waals surface area contributed by atoms with E-state index in [1.165, 1.54) is 18.2 Å². The maximum absolute atomic E-state index is 14.7. The normalized spacial score (nSPS) is 21.1. The van der Waals surface area contributed by atoms with Crippen LogP contribution < -0.4 is 0 Å². The lowest BCUT2D eigenvalue weighted by Gasteiger charge is -2.32. The number of carbonyl (C=O) groups is 1. The van der Waals surface area contributed by atoms with Crippen LogP contribution in [0, 0.1) is 17.7 Å². The average Bonchev–Trinajstić information content (AvgIpc) is 3.10. The van der Waals surface area contributed by atoms with Crippen molar-refractivity contribution in [3.63, 3.8) is 0 Å². The van der Waals surface area contributed by atoms with Gasteiger partial charge in [0.25, 0.3) is 0 Å². The molecule has 2 saturated heterocycles. The van der Waals surface area contributed by atoms with Crippen LogP contribution in [0.3, 0.4) is 0 Å². The maximum Gasteiger partial charge on any atom is 0.525 e. The number of hydrogen-bond acceptors (Lipinski definition) is 3. The summed E-state index contributed by atoms with van der Waals surface area (Å²) in [6.45, 7) is 8.34. The number of rotatable bonds is 3. The van der Waals surface area contributed by atoms with Crippen LogP contribution in [-0.2, 0) is 14.1 Å². The highest BCUT2D eigenvalue weighted by atomic mass is 19.1. The summed E-state index contributed by atoms with van der Waals surface area (Å²) in [6, 6.07) is 4.24. The molecule has 0 N–H and O–H groups in total. The molecule has 0 radical (unpaired) electrons. The van der Waals surface area contributed by atoms with Gasteiger partial charge in [-0.15, -0.1) is 0 Å². The molecule has 0 unspecified atom stereocenters. The fraction of sp³-hybridized carbons (Fsp3) is 0.476. The average molecular weight is 387 g/mol. The van der Waals surface area contributed by atoms with Crippen molar-refractivity contribution in [1.29, 1.82) is 0 Å². The van der Waals surface area contributed by atoms with Crippen LogP contribution in [0.4, 0.5) is 8.78 Å². The van der Waals surface area contributed by atoms with E-state index < -0.39 is 29.9 Å². The van der Waals surface area contributed by atoms with E-state index in [0.29, 0.717) is 25.1 Å². The van der Waals surface area contributed by atoms with E-state index in [2.05, 4.69) is 11.8 Å². The standard InChI is InChI=1S/C21H24BF2NO3/c1-20(2)21(3,4)28-22(27-20)18(24)14-16-13-15(9-10-17(16)23)7-5-11-25-12-6-8-19(25)26/h9-10,13-14H,6,8,11-12H2,1-4H3. The molecule has 0 atom stereocenters. The third-order valence-corrected chi connectivity index (χ3v) is 5.44. The van der Waals surface area contributed by atoms with E-state index in [-0.39, 0.29) is 11.5 Å². The van der Waals surface area contributed by atoms with E-state index in [1.807, 2.05) is 27.7 Å². The van der Waals surface area contributed by atoms with Crippen LogP contribution in [0.5, 0.6) is 0 Å². The summed E-state index contributed by atoms with van der Waals surface area (Å²) in [7, 11) is -1.18. The first-order chi connectivity index (χ1) is 13.1. The number of halogens is 2.